The number of hydrogen-bond acceptors (Lipinski definition) is 5. The van der Waals surface area contributed by atoms with Crippen LogP contribution in [0.4, 0.5) is 0 Å². The number of furan rings is 1. The van der Waals surface area contributed by atoms with Crippen molar-refractivity contribution in [1.82, 2.24) is 14.5 Å². The minimum Gasteiger partial charge on any atom is -0.467 e. The second-order valence-electron chi connectivity index (χ2n) is 7.04. The minimum absolute atomic E-state index is 0.0145. The lowest BCUT2D eigenvalue weighted by atomic mass is 10.2. The maximum Gasteiger partial charge on any atom is 0.262 e. The number of amides is 1. The molecule has 1 aromatic carbocycles. The molecule has 156 valence electrons. The summed E-state index contributed by atoms with van der Waals surface area (Å²) >= 11 is 7.36. The van der Waals surface area contributed by atoms with Crippen molar-refractivity contribution in [2.45, 2.75) is 37.9 Å². The Morgan fingerprint density at radius 3 is 2.93 bits per heavy atom. The van der Waals surface area contributed by atoms with Crippen LogP contribution in [0.5, 0.6) is 0 Å². The first-order valence-electron chi connectivity index (χ1n) is 9.91. The normalized spacial score (nSPS) is 13.6. The van der Waals surface area contributed by atoms with E-state index in [1.54, 1.807) is 35.1 Å². The largest absolute Gasteiger partial charge is 0.467 e. The molecule has 30 heavy (non-hydrogen) atoms. The van der Waals surface area contributed by atoms with Crippen molar-refractivity contribution in [2.75, 3.05) is 12.3 Å². The number of carbonyl (C=O) groups excluding carboxylic acids is 1. The van der Waals surface area contributed by atoms with E-state index in [1.807, 2.05) is 17.9 Å². The molecule has 0 bridgehead atoms. The molecule has 6 nitrogen and oxygen atoms in total. The standard InChI is InChI=1S/C22H22ClN3O3S/c1-2-25(16-6-3-4-7-16)20(27)14-30-22-24-19-12-15(23)9-10-18(19)21(28)26(22)13-17-8-5-11-29-17/h5-6,8-12H,2-4,7,13-14H2,1H3. The summed E-state index contributed by atoms with van der Waals surface area (Å²) in [6.07, 6.45) is 6.73. The second kappa shape index (κ2) is 9.10. The number of carbonyl (C=O) groups is 1. The van der Waals surface area contributed by atoms with Gasteiger partial charge in [-0.3, -0.25) is 14.2 Å². The van der Waals surface area contributed by atoms with Gasteiger partial charge in [-0.25, -0.2) is 4.98 Å². The molecule has 0 saturated carbocycles. The zero-order valence-corrected chi connectivity index (χ0v) is 18.2. The monoisotopic (exact) mass is 443 g/mol. The second-order valence-corrected chi connectivity index (χ2v) is 8.42. The number of rotatable bonds is 7. The Hall–Kier alpha value is -2.51. The van der Waals surface area contributed by atoms with E-state index in [9.17, 15) is 9.59 Å². The zero-order chi connectivity index (χ0) is 21.1. The van der Waals surface area contributed by atoms with Gasteiger partial charge < -0.3 is 9.32 Å². The van der Waals surface area contributed by atoms with Gasteiger partial charge in [0.15, 0.2) is 5.16 Å². The smallest absolute Gasteiger partial charge is 0.262 e. The Balaban J connectivity index is 1.65. The SMILES string of the molecule is CCN(C(=O)CSc1nc2cc(Cl)ccc2c(=O)n1Cc1ccco1)C1=CCCC1. The van der Waals surface area contributed by atoms with Gasteiger partial charge in [-0.05, 0) is 56.5 Å². The Morgan fingerprint density at radius 2 is 2.23 bits per heavy atom. The van der Waals surface area contributed by atoms with Crippen molar-refractivity contribution in [3.05, 3.63) is 69.5 Å². The van der Waals surface area contributed by atoms with Crippen molar-refractivity contribution in [3.63, 3.8) is 0 Å². The Kier molecular flexibility index (Phi) is 6.29. The van der Waals surface area contributed by atoms with Gasteiger partial charge in [-0.2, -0.15) is 0 Å². The van der Waals surface area contributed by atoms with E-state index in [-0.39, 0.29) is 23.8 Å². The quantitative estimate of drug-likeness (QED) is 0.391. The molecule has 4 rings (SSSR count). The average Bonchev–Trinajstić information content (AvgIpc) is 3.43. The Bertz CT molecular complexity index is 1150. The van der Waals surface area contributed by atoms with Gasteiger partial charge in [0, 0.05) is 17.3 Å². The minimum atomic E-state index is -0.186. The predicted octanol–water partition coefficient (Wildman–Crippen LogP) is 4.70. The molecule has 2 aromatic heterocycles. The molecule has 1 aliphatic carbocycles. The van der Waals surface area contributed by atoms with Crippen LogP contribution in [0.25, 0.3) is 10.9 Å². The van der Waals surface area contributed by atoms with E-state index >= 15 is 0 Å². The first-order valence-corrected chi connectivity index (χ1v) is 11.3. The summed E-state index contributed by atoms with van der Waals surface area (Å²) in [5.74, 6) is 0.856. The molecule has 1 amide bonds. The Labute approximate surface area is 183 Å². The summed E-state index contributed by atoms with van der Waals surface area (Å²) in [6.45, 7) is 2.85. The maximum atomic E-state index is 13.2. The van der Waals surface area contributed by atoms with Crippen LogP contribution in [0, 0.1) is 0 Å². The number of nitrogens with zero attached hydrogens (tertiary/aromatic N) is 3. The van der Waals surface area contributed by atoms with Crippen molar-refractivity contribution in [3.8, 4) is 0 Å². The van der Waals surface area contributed by atoms with Gasteiger partial charge in [0.1, 0.15) is 5.76 Å². The summed E-state index contributed by atoms with van der Waals surface area (Å²) in [4.78, 5) is 32.5. The number of thioether (sulfide) groups is 1. The van der Waals surface area contributed by atoms with Crippen LogP contribution in [0.2, 0.25) is 5.02 Å². The summed E-state index contributed by atoms with van der Waals surface area (Å²) in [5.41, 5.74) is 1.42. The zero-order valence-electron chi connectivity index (χ0n) is 16.6. The van der Waals surface area contributed by atoms with E-state index in [4.69, 9.17) is 16.0 Å². The van der Waals surface area contributed by atoms with E-state index in [1.165, 1.54) is 11.8 Å². The van der Waals surface area contributed by atoms with Gasteiger partial charge in [0.05, 0.1) is 29.5 Å². The fraction of sp³-hybridized carbons (Fsp3) is 0.318. The van der Waals surface area contributed by atoms with Gasteiger partial charge in [0.2, 0.25) is 5.91 Å². The highest BCUT2D eigenvalue weighted by atomic mass is 35.5. The van der Waals surface area contributed by atoms with Crippen LogP contribution in [0.15, 0.2) is 62.7 Å². The number of fused-ring (bicyclic) bond motifs is 1. The van der Waals surface area contributed by atoms with Crippen LogP contribution < -0.4 is 5.56 Å². The van der Waals surface area contributed by atoms with Gasteiger partial charge in [-0.15, -0.1) is 0 Å². The lowest BCUT2D eigenvalue weighted by Crippen LogP contribution is -2.31. The molecule has 0 N–H and O–H groups in total. The van der Waals surface area contributed by atoms with Gasteiger partial charge in [-0.1, -0.05) is 29.4 Å². The summed E-state index contributed by atoms with van der Waals surface area (Å²) in [5, 5.41) is 1.46. The van der Waals surface area contributed by atoms with Crippen LogP contribution >= 0.6 is 23.4 Å². The molecule has 0 radical (unpaired) electrons. The Morgan fingerprint density at radius 1 is 1.37 bits per heavy atom. The molecule has 8 heteroatoms. The lowest BCUT2D eigenvalue weighted by molar-refractivity contribution is -0.126. The third-order valence-electron chi connectivity index (χ3n) is 5.08. The van der Waals surface area contributed by atoms with Crippen LogP contribution in [-0.2, 0) is 11.3 Å². The molecule has 1 aliphatic rings. The summed E-state index contributed by atoms with van der Waals surface area (Å²) < 4.78 is 6.98. The van der Waals surface area contributed by atoms with Gasteiger partial charge in [0.25, 0.3) is 5.56 Å². The van der Waals surface area contributed by atoms with Crippen molar-refractivity contribution >= 4 is 40.2 Å². The number of halogens is 1. The fourth-order valence-electron chi connectivity index (χ4n) is 3.62. The maximum absolute atomic E-state index is 13.2. The first-order chi connectivity index (χ1) is 14.6. The van der Waals surface area contributed by atoms with Gasteiger partial charge >= 0.3 is 0 Å². The molecule has 0 aliphatic heterocycles. The van der Waals surface area contributed by atoms with Crippen LogP contribution in [0.1, 0.15) is 31.9 Å². The van der Waals surface area contributed by atoms with E-state index in [0.717, 1.165) is 25.0 Å². The molecule has 0 saturated heterocycles. The molecule has 0 fully saturated rings. The third-order valence-corrected chi connectivity index (χ3v) is 6.28. The number of hydrogen-bond donors (Lipinski definition) is 0. The summed E-state index contributed by atoms with van der Waals surface area (Å²) in [6, 6.07) is 8.61. The van der Waals surface area contributed by atoms with E-state index in [0.29, 0.717) is 33.4 Å². The molecular formula is C22H22ClN3O3S. The molecule has 0 spiro atoms. The van der Waals surface area contributed by atoms with Crippen LogP contribution in [-0.4, -0.2) is 32.7 Å². The number of allylic oxidation sites excluding steroid dienone is 2. The fourth-order valence-corrected chi connectivity index (χ4v) is 4.67. The van der Waals surface area contributed by atoms with Crippen molar-refractivity contribution in [2.24, 2.45) is 0 Å². The highest BCUT2D eigenvalue weighted by molar-refractivity contribution is 7.99. The summed E-state index contributed by atoms with van der Waals surface area (Å²) in [7, 11) is 0. The van der Waals surface area contributed by atoms with Crippen molar-refractivity contribution in [1.29, 1.82) is 0 Å². The third kappa shape index (κ3) is 4.32. The highest BCUT2D eigenvalue weighted by Gasteiger charge is 2.20. The molecule has 2 heterocycles. The van der Waals surface area contributed by atoms with E-state index in [2.05, 4.69) is 11.1 Å². The van der Waals surface area contributed by atoms with Crippen LogP contribution in [0.3, 0.4) is 0 Å². The lowest BCUT2D eigenvalue weighted by Gasteiger charge is -2.22. The highest BCUT2D eigenvalue weighted by Crippen LogP contribution is 2.25. The first kappa shape index (κ1) is 20.8. The molecule has 0 unspecified atom stereocenters. The number of aromatic nitrogens is 2. The molecular weight excluding hydrogens is 422 g/mol. The van der Waals surface area contributed by atoms with Crippen molar-refractivity contribution < 1.29 is 9.21 Å². The number of benzene rings is 1. The molecule has 3 aromatic rings. The molecule has 0 atom stereocenters. The average molecular weight is 444 g/mol. The topological polar surface area (TPSA) is 68.3 Å². The van der Waals surface area contributed by atoms with E-state index < -0.39 is 0 Å². The predicted molar refractivity (Wildman–Crippen MR) is 119 cm³/mol.